The average molecular weight is 288 g/mol. The topological polar surface area (TPSA) is 61.8 Å². The first-order valence-electron chi connectivity index (χ1n) is 7.34. The van der Waals surface area contributed by atoms with Crippen molar-refractivity contribution in [1.29, 1.82) is 0 Å². The number of carbonyl (C=O) groups is 2. The summed E-state index contributed by atoms with van der Waals surface area (Å²) in [5, 5.41) is 0. The van der Waals surface area contributed by atoms with E-state index in [0.29, 0.717) is 13.0 Å². The molecule has 5 heteroatoms. The second kappa shape index (κ2) is 10.7. The zero-order chi connectivity index (χ0) is 15.5. The van der Waals surface area contributed by atoms with E-state index in [0.717, 1.165) is 12.8 Å². The zero-order valence-corrected chi connectivity index (χ0v) is 13.3. The molecule has 0 aliphatic heterocycles. The van der Waals surface area contributed by atoms with E-state index in [4.69, 9.17) is 14.2 Å². The Hall–Kier alpha value is -1.10. The molecule has 0 aliphatic carbocycles. The van der Waals surface area contributed by atoms with Crippen LogP contribution in [-0.4, -0.2) is 37.4 Å². The molecule has 0 spiro atoms. The lowest BCUT2D eigenvalue weighted by Gasteiger charge is -2.18. The van der Waals surface area contributed by atoms with Crippen molar-refractivity contribution in [2.45, 2.75) is 66.1 Å². The summed E-state index contributed by atoms with van der Waals surface area (Å²) in [4.78, 5) is 22.7. The third-order valence-corrected chi connectivity index (χ3v) is 2.61. The van der Waals surface area contributed by atoms with Gasteiger partial charge < -0.3 is 14.2 Å². The molecule has 0 bridgehead atoms. The van der Waals surface area contributed by atoms with E-state index in [1.165, 1.54) is 0 Å². The summed E-state index contributed by atoms with van der Waals surface area (Å²) in [5.41, 5.74) is 0. The summed E-state index contributed by atoms with van der Waals surface area (Å²) in [5.74, 6) is -0.568. The number of rotatable bonds is 10. The van der Waals surface area contributed by atoms with Gasteiger partial charge in [0, 0.05) is 6.42 Å². The lowest BCUT2D eigenvalue weighted by molar-refractivity contribution is -0.155. The molecule has 2 atom stereocenters. The molecule has 5 nitrogen and oxygen atoms in total. The van der Waals surface area contributed by atoms with E-state index >= 15 is 0 Å². The van der Waals surface area contributed by atoms with Gasteiger partial charge in [-0.2, -0.15) is 0 Å². The second-order valence-corrected chi connectivity index (χ2v) is 5.33. The van der Waals surface area contributed by atoms with Crippen LogP contribution >= 0.6 is 0 Å². The fourth-order valence-corrected chi connectivity index (χ4v) is 1.35. The van der Waals surface area contributed by atoms with E-state index in [1.807, 2.05) is 13.8 Å². The molecule has 0 aromatic heterocycles. The van der Waals surface area contributed by atoms with Crippen molar-refractivity contribution in [1.82, 2.24) is 0 Å². The molecule has 0 saturated carbocycles. The van der Waals surface area contributed by atoms with Crippen LogP contribution in [0.4, 0.5) is 0 Å². The van der Waals surface area contributed by atoms with Gasteiger partial charge in [0.05, 0.1) is 18.6 Å². The third kappa shape index (κ3) is 9.78. The Balaban J connectivity index is 3.75. The SMILES string of the molecule is CCCCC(=O)OC(C)COC(C)COC(=O)C(C)C. The van der Waals surface area contributed by atoms with Crippen LogP contribution < -0.4 is 0 Å². The molecule has 0 saturated heterocycles. The highest BCUT2D eigenvalue weighted by Gasteiger charge is 2.14. The molecule has 0 radical (unpaired) electrons. The fraction of sp³-hybridized carbons (Fsp3) is 0.867. The maximum absolute atomic E-state index is 11.4. The molecule has 0 heterocycles. The van der Waals surface area contributed by atoms with Crippen LogP contribution in [-0.2, 0) is 23.8 Å². The molecular weight excluding hydrogens is 260 g/mol. The van der Waals surface area contributed by atoms with Gasteiger partial charge in [-0.3, -0.25) is 9.59 Å². The Kier molecular flexibility index (Phi) is 10.1. The molecule has 0 aromatic carbocycles. The Morgan fingerprint density at radius 3 is 2.20 bits per heavy atom. The van der Waals surface area contributed by atoms with Gasteiger partial charge in [-0.1, -0.05) is 27.2 Å². The number of esters is 2. The third-order valence-electron chi connectivity index (χ3n) is 2.61. The first-order chi connectivity index (χ1) is 9.36. The van der Waals surface area contributed by atoms with Crippen LogP contribution in [0.25, 0.3) is 0 Å². The van der Waals surface area contributed by atoms with Gasteiger partial charge in [0.15, 0.2) is 0 Å². The lowest BCUT2D eigenvalue weighted by Crippen LogP contribution is -2.26. The van der Waals surface area contributed by atoms with Gasteiger partial charge in [-0.25, -0.2) is 0 Å². The molecule has 2 unspecified atom stereocenters. The molecule has 0 aliphatic rings. The summed E-state index contributed by atoms with van der Waals surface area (Å²) >= 11 is 0. The fourth-order valence-electron chi connectivity index (χ4n) is 1.35. The van der Waals surface area contributed by atoms with E-state index in [2.05, 4.69) is 0 Å². The monoisotopic (exact) mass is 288 g/mol. The van der Waals surface area contributed by atoms with Gasteiger partial charge >= 0.3 is 11.9 Å². The van der Waals surface area contributed by atoms with Gasteiger partial charge in [0.2, 0.25) is 0 Å². The molecular formula is C15H28O5. The summed E-state index contributed by atoms with van der Waals surface area (Å²) in [6.07, 6.45) is 1.76. The van der Waals surface area contributed by atoms with Crippen LogP contribution in [0.2, 0.25) is 0 Å². The number of ether oxygens (including phenoxy) is 3. The van der Waals surface area contributed by atoms with Crippen LogP contribution in [0.3, 0.4) is 0 Å². The summed E-state index contributed by atoms with van der Waals surface area (Å²) < 4.78 is 15.7. The number of hydrogen-bond acceptors (Lipinski definition) is 5. The Morgan fingerprint density at radius 2 is 1.65 bits per heavy atom. The normalized spacial score (nSPS) is 13.9. The standard InChI is InChI=1S/C15H28O5/c1-6-7-8-14(16)20-13(5)10-18-12(4)9-19-15(17)11(2)3/h11-13H,6-10H2,1-5H3. The van der Waals surface area contributed by atoms with Crippen LogP contribution in [0.5, 0.6) is 0 Å². The predicted molar refractivity (Wildman–Crippen MR) is 76.3 cm³/mol. The van der Waals surface area contributed by atoms with E-state index in [-0.39, 0.29) is 36.7 Å². The van der Waals surface area contributed by atoms with Crippen LogP contribution in [0.1, 0.15) is 53.9 Å². The van der Waals surface area contributed by atoms with E-state index in [9.17, 15) is 9.59 Å². The first kappa shape index (κ1) is 18.9. The molecule has 0 aromatic rings. The van der Waals surface area contributed by atoms with Gasteiger partial charge in [-0.15, -0.1) is 0 Å². The largest absolute Gasteiger partial charge is 0.463 e. The first-order valence-corrected chi connectivity index (χ1v) is 7.34. The number of hydrogen-bond donors (Lipinski definition) is 0. The van der Waals surface area contributed by atoms with Crippen molar-refractivity contribution in [2.75, 3.05) is 13.2 Å². The summed E-state index contributed by atoms with van der Waals surface area (Å²) in [6, 6.07) is 0. The highest BCUT2D eigenvalue weighted by Crippen LogP contribution is 2.03. The minimum absolute atomic E-state index is 0.138. The van der Waals surface area contributed by atoms with Crippen molar-refractivity contribution in [2.24, 2.45) is 5.92 Å². The summed E-state index contributed by atoms with van der Waals surface area (Å²) in [6.45, 7) is 9.72. The number of unbranched alkanes of at least 4 members (excludes halogenated alkanes) is 1. The maximum atomic E-state index is 11.4. The zero-order valence-electron chi connectivity index (χ0n) is 13.3. The van der Waals surface area contributed by atoms with Crippen LogP contribution in [0, 0.1) is 5.92 Å². The molecule has 118 valence electrons. The van der Waals surface area contributed by atoms with Crippen LogP contribution in [0.15, 0.2) is 0 Å². The number of carbonyl (C=O) groups excluding carboxylic acids is 2. The van der Waals surface area contributed by atoms with Crippen molar-refractivity contribution in [3.63, 3.8) is 0 Å². The molecule has 0 fully saturated rings. The Bertz CT molecular complexity index is 288. The highest BCUT2D eigenvalue weighted by atomic mass is 16.6. The Morgan fingerprint density at radius 1 is 1.00 bits per heavy atom. The quantitative estimate of drug-likeness (QED) is 0.578. The van der Waals surface area contributed by atoms with Crippen molar-refractivity contribution < 1.29 is 23.8 Å². The Labute approximate surface area is 122 Å². The molecule has 0 amide bonds. The van der Waals surface area contributed by atoms with Gasteiger partial charge in [0.1, 0.15) is 12.7 Å². The van der Waals surface area contributed by atoms with Crippen molar-refractivity contribution in [3.05, 3.63) is 0 Å². The van der Waals surface area contributed by atoms with Gasteiger partial charge in [0.25, 0.3) is 0 Å². The van der Waals surface area contributed by atoms with Gasteiger partial charge in [-0.05, 0) is 20.3 Å². The molecule has 0 N–H and O–H groups in total. The minimum atomic E-state index is -0.289. The molecule has 20 heavy (non-hydrogen) atoms. The smallest absolute Gasteiger partial charge is 0.308 e. The molecule has 0 rings (SSSR count). The summed E-state index contributed by atoms with van der Waals surface area (Å²) in [7, 11) is 0. The maximum Gasteiger partial charge on any atom is 0.308 e. The van der Waals surface area contributed by atoms with Crippen molar-refractivity contribution in [3.8, 4) is 0 Å². The predicted octanol–water partition coefficient (Wildman–Crippen LogP) is 2.71. The van der Waals surface area contributed by atoms with E-state index in [1.54, 1.807) is 20.8 Å². The minimum Gasteiger partial charge on any atom is -0.463 e. The lowest BCUT2D eigenvalue weighted by atomic mass is 10.2. The second-order valence-electron chi connectivity index (χ2n) is 5.33. The average Bonchev–Trinajstić information content (AvgIpc) is 2.39. The highest BCUT2D eigenvalue weighted by molar-refractivity contribution is 5.71. The van der Waals surface area contributed by atoms with Crippen molar-refractivity contribution >= 4 is 11.9 Å². The van der Waals surface area contributed by atoms with E-state index < -0.39 is 0 Å².